The number of hydrogen-bond donors (Lipinski definition) is 2. The lowest BCUT2D eigenvalue weighted by Gasteiger charge is -2.36. The molecule has 0 spiro atoms. The summed E-state index contributed by atoms with van der Waals surface area (Å²) in [5.74, 6) is 0.283. The van der Waals surface area contributed by atoms with Gasteiger partial charge in [0.15, 0.2) is 0 Å². The van der Waals surface area contributed by atoms with Gasteiger partial charge in [0.05, 0.1) is 10.5 Å². The predicted octanol–water partition coefficient (Wildman–Crippen LogP) is 2.00. The molecule has 1 fully saturated rings. The van der Waals surface area contributed by atoms with E-state index >= 15 is 0 Å². The molecule has 5 heteroatoms. The molecule has 2 N–H and O–H groups in total. The van der Waals surface area contributed by atoms with Crippen molar-refractivity contribution in [1.29, 1.82) is 0 Å². The molecule has 0 atom stereocenters. The second-order valence-corrected chi connectivity index (χ2v) is 7.40. The molecule has 4 nitrogen and oxygen atoms in total. The van der Waals surface area contributed by atoms with Crippen LogP contribution in [0.2, 0.25) is 0 Å². The zero-order chi connectivity index (χ0) is 14.1. The Morgan fingerprint density at radius 3 is 2.58 bits per heavy atom. The molecule has 1 saturated carbocycles. The van der Waals surface area contributed by atoms with Gasteiger partial charge < -0.3 is 5.11 Å². The number of sulfonamides is 1. The number of aliphatic hydroxyl groups is 1. The van der Waals surface area contributed by atoms with E-state index in [1.54, 1.807) is 18.2 Å². The lowest BCUT2D eigenvalue weighted by molar-refractivity contribution is -0.0270. The summed E-state index contributed by atoms with van der Waals surface area (Å²) in [6.45, 7) is 4.15. The minimum atomic E-state index is -3.54. The van der Waals surface area contributed by atoms with Crippen molar-refractivity contribution in [1.82, 2.24) is 4.72 Å². The summed E-state index contributed by atoms with van der Waals surface area (Å²) < 4.78 is 26.8. The Balaban J connectivity index is 2.12. The number of rotatable bonds is 5. The Hall–Kier alpha value is -0.910. The molecule has 0 aromatic heterocycles. The number of benzene rings is 1. The molecule has 1 aliphatic rings. The van der Waals surface area contributed by atoms with Crippen molar-refractivity contribution >= 4 is 10.0 Å². The van der Waals surface area contributed by atoms with E-state index in [0.717, 1.165) is 12.0 Å². The molecule has 0 saturated heterocycles. The fourth-order valence-corrected chi connectivity index (χ4v) is 3.29. The van der Waals surface area contributed by atoms with Gasteiger partial charge in [-0.15, -0.1) is 0 Å². The SMILES string of the molecule is CC(C)c1cccc(S(=O)(=O)NCC2(O)CCC2)c1. The highest BCUT2D eigenvalue weighted by atomic mass is 32.2. The molecule has 0 radical (unpaired) electrons. The molecule has 1 aromatic carbocycles. The van der Waals surface area contributed by atoms with Gasteiger partial charge in [0, 0.05) is 6.54 Å². The van der Waals surface area contributed by atoms with Crippen molar-refractivity contribution in [3.05, 3.63) is 29.8 Å². The molecule has 0 heterocycles. The van der Waals surface area contributed by atoms with E-state index in [9.17, 15) is 13.5 Å². The van der Waals surface area contributed by atoms with Gasteiger partial charge in [-0.3, -0.25) is 0 Å². The maximum Gasteiger partial charge on any atom is 0.240 e. The third kappa shape index (κ3) is 3.35. The largest absolute Gasteiger partial charge is 0.389 e. The molecular formula is C14H21NO3S. The molecule has 106 valence electrons. The van der Waals surface area contributed by atoms with Crippen LogP contribution in [0.4, 0.5) is 0 Å². The van der Waals surface area contributed by atoms with E-state index in [1.807, 2.05) is 19.9 Å². The Labute approximate surface area is 114 Å². The zero-order valence-corrected chi connectivity index (χ0v) is 12.2. The van der Waals surface area contributed by atoms with Crippen LogP contribution >= 0.6 is 0 Å². The zero-order valence-electron chi connectivity index (χ0n) is 11.4. The molecule has 1 aliphatic carbocycles. The Morgan fingerprint density at radius 2 is 2.05 bits per heavy atom. The molecule has 1 aromatic rings. The summed E-state index contributed by atoms with van der Waals surface area (Å²) in [4.78, 5) is 0.265. The smallest absolute Gasteiger partial charge is 0.240 e. The Kier molecular flexibility index (Phi) is 3.99. The Bertz CT molecular complexity index is 548. The summed E-state index contributed by atoms with van der Waals surface area (Å²) in [7, 11) is -3.54. The molecule has 0 unspecified atom stereocenters. The van der Waals surface area contributed by atoms with Crippen LogP contribution in [-0.4, -0.2) is 25.7 Å². The van der Waals surface area contributed by atoms with Crippen molar-refractivity contribution < 1.29 is 13.5 Å². The average molecular weight is 283 g/mol. The van der Waals surface area contributed by atoms with Crippen LogP contribution in [-0.2, 0) is 10.0 Å². The van der Waals surface area contributed by atoms with Crippen LogP contribution in [0.1, 0.15) is 44.6 Å². The van der Waals surface area contributed by atoms with Crippen molar-refractivity contribution in [2.24, 2.45) is 0 Å². The van der Waals surface area contributed by atoms with Crippen LogP contribution in [0.25, 0.3) is 0 Å². The van der Waals surface area contributed by atoms with E-state index in [-0.39, 0.29) is 17.4 Å². The van der Waals surface area contributed by atoms with Crippen LogP contribution < -0.4 is 4.72 Å². The van der Waals surface area contributed by atoms with Crippen LogP contribution in [0, 0.1) is 0 Å². The molecule has 0 amide bonds. The van der Waals surface area contributed by atoms with E-state index < -0.39 is 15.6 Å². The number of nitrogens with one attached hydrogen (secondary N) is 1. The van der Waals surface area contributed by atoms with Crippen molar-refractivity contribution in [2.45, 2.75) is 49.5 Å². The quantitative estimate of drug-likeness (QED) is 0.868. The molecular weight excluding hydrogens is 262 g/mol. The van der Waals surface area contributed by atoms with Gasteiger partial charge >= 0.3 is 0 Å². The van der Waals surface area contributed by atoms with Gasteiger partial charge in [0.25, 0.3) is 0 Å². The van der Waals surface area contributed by atoms with Gasteiger partial charge in [-0.25, -0.2) is 13.1 Å². The van der Waals surface area contributed by atoms with Crippen molar-refractivity contribution in [3.8, 4) is 0 Å². The fraction of sp³-hybridized carbons (Fsp3) is 0.571. The lowest BCUT2D eigenvalue weighted by Crippen LogP contribution is -2.47. The third-order valence-corrected chi connectivity index (χ3v) is 5.11. The van der Waals surface area contributed by atoms with E-state index in [0.29, 0.717) is 12.8 Å². The summed E-state index contributed by atoms with van der Waals surface area (Å²) in [5.41, 5.74) is 0.146. The van der Waals surface area contributed by atoms with Gasteiger partial charge in [-0.2, -0.15) is 0 Å². The maximum atomic E-state index is 12.2. The van der Waals surface area contributed by atoms with E-state index in [4.69, 9.17) is 0 Å². The maximum absolute atomic E-state index is 12.2. The summed E-state index contributed by atoms with van der Waals surface area (Å²) >= 11 is 0. The highest BCUT2D eigenvalue weighted by molar-refractivity contribution is 7.89. The minimum absolute atomic E-state index is 0.0985. The summed E-state index contributed by atoms with van der Waals surface area (Å²) in [5, 5.41) is 9.94. The van der Waals surface area contributed by atoms with Crippen LogP contribution in [0.15, 0.2) is 29.2 Å². The normalized spacial score (nSPS) is 18.3. The Morgan fingerprint density at radius 1 is 1.37 bits per heavy atom. The highest BCUT2D eigenvalue weighted by Gasteiger charge is 2.35. The second-order valence-electron chi connectivity index (χ2n) is 5.63. The van der Waals surface area contributed by atoms with Crippen molar-refractivity contribution in [3.63, 3.8) is 0 Å². The first-order valence-electron chi connectivity index (χ1n) is 6.64. The summed E-state index contributed by atoms with van der Waals surface area (Å²) in [6.07, 6.45) is 2.30. The van der Waals surface area contributed by atoms with Gasteiger partial charge in [-0.1, -0.05) is 26.0 Å². The topological polar surface area (TPSA) is 66.4 Å². The summed E-state index contributed by atoms with van der Waals surface area (Å²) in [6, 6.07) is 6.95. The first-order chi connectivity index (χ1) is 8.82. The van der Waals surface area contributed by atoms with E-state index in [1.165, 1.54) is 0 Å². The van der Waals surface area contributed by atoms with Gasteiger partial charge in [-0.05, 0) is 42.9 Å². The highest BCUT2D eigenvalue weighted by Crippen LogP contribution is 2.31. The van der Waals surface area contributed by atoms with Gasteiger partial charge in [0.1, 0.15) is 0 Å². The van der Waals surface area contributed by atoms with Crippen LogP contribution in [0.5, 0.6) is 0 Å². The third-order valence-electron chi connectivity index (χ3n) is 3.71. The van der Waals surface area contributed by atoms with E-state index in [2.05, 4.69) is 4.72 Å². The minimum Gasteiger partial charge on any atom is -0.389 e. The number of hydrogen-bond acceptors (Lipinski definition) is 3. The second kappa shape index (κ2) is 5.23. The average Bonchev–Trinajstić information content (AvgIpc) is 2.34. The van der Waals surface area contributed by atoms with Crippen LogP contribution in [0.3, 0.4) is 0 Å². The first-order valence-corrected chi connectivity index (χ1v) is 8.13. The molecule has 19 heavy (non-hydrogen) atoms. The molecule has 2 rings (SSSR count). The van der Waals surface area contributed by atoms with Crippen molar-refractivity contribution in [2.75, 3.05) is 6.54 Å². The lowest BCUT2D eigenvalue weighted by atomic mass is 9.81. The first kappa shape index (κ1) is 14.5. The molecule has 0 aliphatic heterocycles. The predicted molar refractivity (Wildman–Crippen MR) is 74.5 cm³/mol. The standard InChI is InChI=1S/C14H21NO3S/c1-11(2)12-5-3-6-13(9-12)19(17,18)15-10-14(16)7-4-8-14/h3,5-6,9,11,15-16H,4,7-8,10H2,1-2H3. The van der Waals surface area contributed by atoms with Gasteiger partial charge in [0.2, 0.25) is 10.0 Å². The fourth-order valence-electron chi connectivity index (χ4n) is 2.12. The monoisotopic (exact) mass is 283 g/mol. The molecule has 0 bridgehead atoms.